The van der Waals surface area contributed by atoms with Crippen LogP contribution in [0.2, 0.25) is 5.02 Å². The van der Waals surface area contributed by atoms with E-state index in [1.807, 2.05) is 0 Å². The van der Waals surface area contributed by atoms with E-state index in [2.05, 4.69) is 10.1 Å². The third-order valence-corrected chi connectivity index (χ3v) is 1.95. The lowest BCUT2D eigenvalue weighted by atomic mass is 10.2. The summed E-state index contributed by atoms with van der Waals surface area (Å²) in [7, 11) is 0. The Hall–Kier alpha value is -1.39. The maximum absolute atomic E-state index is 8.74. The highest BCUT2D eigenvalue weighted by Crippen LogP contribution is 2.19. The average Bonchev–Trinajstić information content (AvgIpc) is 2.67. The number of aromatic nitrogens is 2. The van der Waals surface area contributed by atoms with Crippen LogP contribution in [0.4, 0.5) is 0 Å². The molecule has 2 aromatic rings. The van der Waals surface area contributed by atoms with Crippen molar-refractivity contribution in [2.24, 2.45) is 0 Å². The SMILES string of the molecule is OCc1noc(-c2ccc(Cl)cc2)n1. The van der Waals surface area contributed by atoms with E-state index in [0.29, 0.717) is 10.9 Å². The fraction of sp³-hybridized carbons (Fsp3) is 0.111. The second-order valence-electron chi connectivity index (χ2n) is 2.68. The van der Waals surface area contributed by atoms with Gasteiger partial charge in [-0.1, -0.05) is 16.8 Å². The molecule has 0 radical (unpaired) electrons. The Balaban J connectivity index is 2.34. The van der Waals surface area contributed by atoms with Crippen LogP contribution in [-0.4, -0.2) is 15.2 Å². The number of nitrogens with zero attached hydrogens (tertiary/aromatic N) is 2. The average molecular weight is 211 g/mol. The Bertz CT molecular complexity index is 425. The minimum atomic E-state index is -0.225. The van der Waals surface area contributed by atoms with Gasteiger partial charge >= 0.3 is 0 Å². The summed E-state index contributed by atoms with van der Waals surface area (Å²) in [5, 5.41) is 12.9. The van der Waals surface area contributed by atoms with Crippen LogP contribution in [0.25, 0.3) is 11.5 Å². The minimum Gasteiger partial charge on any atom is -0.388 e. The molecule has 1 N–H and O–H groups in total. The first-order chi connectivity index (χ1) is 6.79. The second kappa shape index (κ2) is 3.77. The highest BCUT2D eigenvalue weighted by Gasteiger charge is 2.06. The number of halogens is 1. The van der Waals surface area contributed by atoms with Gasteiger partial charge in [-0.25, -0.2) is 0 Å². The lowest BCUT2D eigenvalue weighted by Crippen LogP contribution is -1.84. The van der Waals surface area contributed by atoms with Crippen LogP contribution in [0.5, 0.6) is 0 Å². The van der Waals surface area contributed by atoms with E-state index < -0.39 is 0 Å². The van der Waals surface area contributed by atoms with Crippen molar-refractivity contribution in [1.29, 1.82) is 0 Å². The Kier molecular flexibility index (Phi) is 2.47. The van der Waals surface area contributed by atoms with E-state index >= 15 is 0 Å². The normalized spacial score (nSPS) is 10.4. The van der Waals surface area contributed by atoms with Crippen molar-refractivity contribution in [3.05, 3.63) is 35.1 Å². The lowest BCUT2D eigenvalue weighted by molar-refractivity contribution is 0.264. The van der Waals surface area contributed by atoms with E-state index in [4.69, 9.17) is 21.2 Å². The molecule has 0 amide bonds. The van der Waals surface area contributed by atoms with Crippen LogP contribution in [-0.2, 0) is 6.61 Å². The van der Waals surface area contributed by atoms with Crippen molar-refractivity contribution in [1.82, 2.24) is 10.1 Å². The molecule has 14 heavy (non-hydrogen) atoms. The van der Waals surface area contributed by atoms with Crippen LogP contribution in [0.15, 0.2) is 28.8 Å². The molecular weight excluding hydrogens is 204 g/mol. The Labute approximate surface area is 85.1 Å². The van der Waals surface area contributed by atoms with Crippen molar-refractivity contribution in [3.63, 3.8) is 0 Å². The molecule has 5 heteroatoms. The summed E-state index contributed by atoms with van der Waals surface area (Å²) in [4.78, 5) is 3.96. The van der Waals surface area contributed by atoms with Gasteiger partial charge in [-0.05, 0) is 24.3 Å². The van der Waals surface area contributed by atoms with E-state index in [1.165, 1.54) is 0 Å². The number of rotatable bonds is 2. The summed E-state index contributed by atoms with van der Waals surface area (Å²) >= 11 is 5.72. The molecule has 0 aliphatic carbocycles. The molecule has 0 aliphatic heterocycles. The maximum atomic E-state index is 8.74. The van der Waals surface area contributed by atoms with Crippen molar-refractivity contribution in [2.45, 2.75) is 6.61 Å². The third kappa shape index (κ3) is 1.76. The Morgan fingerprint density at radius 1 is 1.29 bits per heavy atom. The number of hydrogen-bond acceptors (Lipinski definition) is 4. The number of benzene rings is 1. The molecule has 2 rings (SSSR count). The summed E-state index contributed by atoms with van der Waals surface area (Å²) in [5.41, 5.74) is 0.779. The van der Waals surface area contributed by atoms with E-state index in [-0.39, 0.29) is 12.4 Å². The Morgan fingerprint density at radius 2 is 2.00 bits per heavy atom. The number of aliphatic hydroxyl groups is 1. The molecule has 72 valence electrons. The predicted molar refractivity (Wildman–Crippen MR) is 50.7 cm³/mol. The largest absolute Gasteiger partial charge is 0.388 e. The first-order valence-corrected chi connectivity index (χ1v) is 4.37. The Morgan fingerprint density at radius 3 is 2.57 bits per heavy atom. The summed E-state index contributed by atoms with van der Waals surface area (Å²) in [5.74, 6) is 0.653. The molecule has 0 atom stereocenters. The third-order valence-electron chi connectivity index (χ3n) is 1.70. The van der Waals surface area contributed by atoms with Gasteiger partial charge in [0.2, 0.25) is 0 Å². The smallest absolute Gasteiger partial charge is 0.258 e. The quantitative estimate of drug-likeness (QED) is 0.822. The molecule has 0 aliphatic rings. The fourth-order valence-electron chi connectivity index (χ4n) is 1.03. The first-order valence-electron chi connectivity index (χ1n) is 3.99. The molecule has 0 fully saturated rings. The van der Waals surface area contributed by atoms with Crippen LogP contribution in [0.3, 0.4) is 0 Å². The fourth-order valence-corrected chi connectivity index (χ4v) is 1.15. The molecule has 4 nitrogen and oxygen atoms in total. The van der Waals surface area contributed by atoms with Gasteiger partial charge < -0.3 is 9.63 Å². The van der Waals surface area contributed by atoms with Crippen molar-refractivity contribution < 1.29 is 9.63 Å². The number of hydrogen-bond donors (Lipinski definition) is 1. The van der Waals surface area contributed by atoms with Gasteiger partial charge in [0.05, 0.1) is 0 Å². The van der Waals surface area contributed by atoms with Gasteiger partial charge in [0, 0.05) is 10.6 Å². The standard InChI is InChI=1S/C9H7ClN2O2/c10-7-3-1-6(2-4-7)9-11-8(5-13)12-14-9/h1-4,13H,5H2. The summed E-state index contributed by atoms with van der Waals surface area (Å²) in [6.07, 6.45) is 0. The zero-order valence-electron chi connectivity index (χ0n) is 7.14. The molecule has 1 aromatic carbocycles. The van der Waals surface area contributed by atoms with Gasteiger partial charge in [0.15, 0.2) is 5.82 Å². The molecule has 0 saturated carbocycles. The maximum Gasteiger partial charge on any atom is 0.258 e. The summed E-state index contributed by atoms with van der Waals surface area (Å²) in [6, 6.07) is 7.02. The van der Waals surface area contributed by atoms with E-state index in [0.717, 1.165) is 5.56 Å². The summed E-state index contributed by atoms with van der Waals surface area (Å²) in [6.45, 7) is -0.225. The highest BCUT2D eigenvalue weighted by molar-refractivity contribution is 6.30. The van der Waals surface area contributed by atoms with Gasteiger partial charge in [-0.3, -0.25) is 0 Å². The zero-order chi connectivity index (χ0) is 9.97. The van der Waals surface area contributed by atoms with Gasteiger partial charge in [-0.15, -0.1) is 0 Å². The lowest BCUT2D eigenvalue weighted by Gasteiger charge is -1.92. The van der Waals surface area contributed by atoms with Crippen LogP contribution in [0.1, 0.15) is 5.82 Å². The van der Waals surface area contributed by atoms with E-state index in [9.17, 15) is 0 Å². The molecule has 0 saturated heterocycles. The molecule has 0 spiro atoms. The van der Waals surface area contributed by atoms with Crippen LogP contribution >= 0.6 is 11.6 Å². The van der Waals surface area contributed by atoms with Gasteiger partial charge in [-0.2, -0.15) is 4.98 Å². The monoisotopic (exact) mass is 210 g/mol. The van der Waals surface area contributed by atoms with Crippen molar-refractivity contribution in [2.75, 3.05) is 0 Å². The topological polar surface area (TPSA) is 59.2 Å². The molecule has 0 bridgehead atoms. The highest BCUT2D eigenvalue weighted by atomic mass is 35.5. The zero-order valence-corrected chi connectivity index (χ0v) is 7.90. The van der Waals surface area contributed by atoms with Gasteiger partial charge in [0.25, 0.3) is 5.89 Å². The van der Waals surface area contributed by atoms with Crippen LogP contribution in [0, 0.1) is 0 Å². The van der Waals surface area contributed by atoms with Crippen molar-refractivity contribution >= 4 is 11.6 Å². The first kappa shape index (κ1) is 9.18. The molecule has 1 heterocycles. The van der Waals surface area contributed by atoms with Gasteiger partial charge in [0.1, 0.15) is 6.61 Å². The molecule has 0 unspecified atom stereocenters. The molecule has 1 aromatic heterocycles. The summed E-state index contributed by atoms with van der Waals surface area (Å²) < 4.78 is 4.92. The molecular formula is C9H7ClN2O2. The minimum absolute atomic E-state index is 0.225. The second-order valence-corrected chi connectivity index (χ2v) is 3.12. The number of aliphatic hydroxyl groups excluding tert-OH is 1. The van der Waals surface area contributed by atoms with Crippen molar-refractivity contribution in [3.8, 4) is 11.5 Å². The van der Waals surface area contributed by atoms with E-state index in [1.54, 1.807) is 24.3 Å². The predicted octanol–water partition coefficient (Wildman–Crippen LogP) is 1.88. The van der Waals surface area contributed by atoms with Crippen LogP contribution < -0.4 is 0 Å².